The summed E-state index contributed by atoms with van der Waals surface area (Å²) in [6.07, 6.45) is 6.32. The van der Waals surface area contributed by atoms with Crippen LogP contribution in [0.4, 0.5) is 11.5 Å². The summed E-state index contributed by atoms with van der Waals surface area (Å²) in [5.74, 6) is 1.53. The lowest BCUT2D eigenvalue weighted by Crippen LogP contribution is -2.43. The summed E-state index contributed by atoms with van der Waals surface area (Å²) in [5.41, 5.74) is 4.26. The quantitative estimate of drug-likeness (QED) is 0.840. The molecule has 2 aromatic rings. The number of amides is 1. The van der Waals surface area contributed by atoms with Crippen molar-refractivity contribution in [1.29, 1.82) is 0 Å². The molecule has 2 fully saturated rings. The van der Waals surface area contributed by atoms with E-state index in [-0.39, 0.29) is 5.91 Å². The second-order valence-corrected chi connectivity index (χ2v) is 8.38. The number of carbonyl (C=O) groups excluding carboxylic acids is 1. The first-order chi connectivity index (χ1) is 14.1. The van der Waals surface area contributed by atoms with Crippen LogP contribution >= 0.6 is 0 Å². The number of nitrogens with one attached hydrogen (secondary N) is 1. The van der Waals surface area contributed by atoms with Crippen LogP contribution in [-0.2, 0) is 4.79 Å². The Hall–Kier alpha value is -2.47. The lowest BCUT2D eigenvalue weighted by Gasteiger charge is -2.33. The smallest absolute Gasteiger partial charge is 0.236 e. The molecule has 1 atom stereocenters. The zero-order valence-electron chi connectivity index (χ0n) is 17.5. The monoisotopic (exact) mass is 393 g/mol. The molecule has 1 unspecified atom stereocenters. The Bertz CT molecular complexity index is 862. The van der Waals surface area contributed by atoms with Crippen LogP contribution in [0.2, 0.25) is 0 Å². The van der Waals surface area contributed by atoms with Crippen molar-refractivity contribution in [1.82, 2.24) is 19.8 Å². The number of aryl methyl sites for hydroxylation is 2. The van der Waals surface area contributed by atoms with E-state index in [4.69, 9.17) is 4.98 Å². The topological polar surface area (TPSA) is 61.4 Å². The molecule has 0 aliphatic carbocycles. The van der Waals surface area contributed by atoms with Crippen molar-refractivity contribution < 1.29 is 4.79 Å². The SMILES string of the molecule is Cc1cc(Nc2ncccc2C)cc(C2CCCN(CC(=O)N3CCCC3)C2)n1. The molecule has 1 amide bonds. The minimum absolute atomic E-state index is 0.285. The summed E-state index contributed by atoms with van der Waals surface area (Å²) in [6.45, 7) is 8.39. The molecular formula is C23H31N5O. The number of rotatable bonds is 5. The fourth-order valence-corrected chi connectivity index (χ4v) is 4.43. The van der Waals surface area contributed by atoms with Gasteiger partial charge in [0.2, 0.25) is 5.91 Å². The average molecular weight is 394 g/mol. The molecule has 2 aliphatic rings. The van der Waals surface area contributed by atoms with Gasteiger partial charge in [0, 0.05) is 48.8 Å². The van der Waals surface area contributed by atoms with Crippen LogP contribution in [0.3, 0.4) is 0 Å². The van der Waals surface area contributed by atoms with E-state index in [1.165, 1.54) is 0 Å². The van der Waals surface area contributed by atoms with Crippen LogP contribution in [0, 0.1) is 13.8 Å². The van der Waals surface area contributed by atoms with Crippen LogP contribution in [0.1, 0.15) is 48.6 Å². The van der Waals surface area contributed by atoms with Crippen LogP contribution in [0.15, 0.2) is 30.5 Å². The third-order valence-electron chi connectivity index (χ3n) is 5.99. The van der Waals surface area contributed by atoms with Crippen molar-refractivity contribution in [3.05, 3.63) is 47.4 Å². The molecule has 4 heterocycles. The maximum absolute atomic E-state index is 12.6. The van der Waals surface area contributed by atoms with Crippen molar-refractivity contribution in [3.63, 3.8) is 0 Å². The minimum atomic E-state index is 0.285. The molecular weight excluding hydrogens is 362 g/mol. The van der Waals surface area contributed by atoms with Crippen LogP contribution in [0.5, 0.6) is 0 Å². The molecule has 0 saturated carbocycles. The number of pyridine rings is 2. The first kappa shape index (κ1) is 19.8. The van der Waals surface area contributed by atoms with E-state index < -0.39 is 0 Å². The molecule has 0 bridgehead atoms. The molecule has 4 rings (SSSR count). The highest BCUT2D eigenvalue weighted by Crippen LogP contribution is 2.29. The van der Waals surface area contributed by atoms with Crippen LogP contribution in [-0.4, -0.2) is 58.4 Å². The van der Waals surface area contributed by atoms with E-state index in [0.717, 1.165) is 80.3 Å². The fraction of sp³-hybridized carbons (Fsp3) is 0.522. The summed E-state index contributed by atoms with van der Waals surface area (Å²) < 4.78 is 0. The highest BCUT2D eigenvalue weighted by atomic mass is 16.2. The molecule has 1 N–H and O–H groups in total. The predicted molar refractivity (Wildman–Crippen MR) is 115 cm³/mol. The number of anilines is 2. The summed E-state index contributed by atoms with van der Waals surface area (Å²) in [4.78, 5) is 26.2. The van der Waals surface area contributed by atoms with Crippen LogP contribution in [0.25, 0.3) is 0 Å². The summed E-state index contributed by atoms with van der Waals surface area (Å²) >= 11 is 0. The first-order valence-corrected chi connectivity index (χ1v) is 10.8. The standard InChI is InChI=1S/C23H31N5O/c1-17-7-5-9-24-23(17)26-20-13-18(2)25-21(14-20)19-8-6-10-27(15-19)16-22(29)28-11-3-4-12-28/h5,7,9,13-14,19H,3-4,6,8,10-12,15-16H2,1-2H3,(H,24,25,26). The van der Waals surface area contributed by atoms with Crippen molar-refractivity contribution in [2.24, 2.45) is 0 Å². The summed E-state index contributed by atoms with van der Waals surface area (Å²) in [6, 6.07) is 8.22. The molecule has 2 aromatic heterocycles. The van der Waals surface area contributed by atoms with E-state index in [9.17, 15) is 4.79 Å². The molecule has 0 aromatic carbocycles. The van der Waals surface area contributed by atoms with Gasteiger partial charge in [-0.1, -0.05) is 6.07 Å². The number of carbonyl (C=O) groups is 1. The second-order valence-electron chi connectivity index (χ2n) is 8.38. The van der Waals surface area contributed by atoms with Crippen molar-refractivity contribution in [3.8, 4) is 0 Å². The Morgan fingerprint density at radius 3 is 2.79 bits per heavy atom. The molecule has 2 aliphatic heterocycles. The predicted octanol–water partition coefficient (Wildman–Crippen LogP) is 3.64. The number of hydrogen-bond acceptors (Lipinski definition) is 5. The van der Waals surface area contributed by atoms with Crippen molar-refractivity contribution in [2.45, 2.75) is 45.4 Å². The van der Waals surface area contributed by atoms with Gasteiger partial charge in [-0.2, -0.15) is 0 Å². The largest absolute Gasteiger partial charge is 0.342 e. The van der Waals surface area contributed by atoms with Gasteiger partial charge in [0.1, 0.15) is 5.82 Å². The zero-order valence-corrected chi connectivity index (χ0v) is 17.5. The molecule has 29 heavy (non-hydrogen) atoms. The molecule has 154 valence electrons. The van der Waals surface area contributed by atoms with Gasteiger partial charge < -0.3 is 10.2 Å². The van der Waals surface area contributed by atoms with Crippen LogP contribution < -0.4 is 5.32 Å². The average Bonchev–Trinajstić information content (AvgIpc) is 3.25. The summed E-state index contributed by atoms with van der Waals surface area (Å²) in [7, 11) is 0. The summed E-state index contributed by atoms with van der Waals surface area (Å²) in [5, 5.41) is 3.45. The van der Waals surface area contributed by atoms with Crippen molar-refractivity contribution in [2.75, 3.05) is 38.0 Å². The third-order valence-corrected chi connectivity index (χ3v) is 5.99. The highest BCUT2D eigenvalue weighted by molar-refractivity contribution is 5.78. The normalized spacial score (nSPS) is 20.1. The lowest BCUT2D eigenvalue weighted by molar-refractivity contribution is -0.131. The van der Waals surface area contributed by atoms with Crippen molar-refractivity contribution >= 4 is 17.4 Å². The van der Waals surface area contributed by atoms with Gasteiger partial charge in [-0.25, -0.2) is 4.98 Å². The lowest BCUT2D eigenvalue weighted by atomic mass is 9.93. The van der Waals surface area contributed by atoms with E-state index >= 15 is 0 Å². The van der Waals surface area contributed by atoms with Gasteiger partial charge in [-0.05, 0) is 69.8 Å². The Labute approximate surface area is 173 Å². The Kier molecular flexibility index (Phi) is 6.09. The molecule has 0 spiro atoms. The number of hydrogen-bond donors (Lipinski definition) is 1. The van der Waals surface area contributed by atoms with E-state index in [1.807, 2.05) is 17.9 Å². The number of aromatic nitrogens is 2. The van der Waals surface area contributed by atoms with E-state index in [0.29, 0.717) is 12.5 Å². The number of likely N-dealkylation sites (tertiary alicyclic amines) is 2. The maximum Gasteiger partial charge on any atom is 0.236 e. The Balaban J connectivity index is 1.45. The third kappa shape index (κ3) is 4.93. The number of nitrogens with zero attached hydrogens (tertiary/aromatic N) is 4. The number of piperidine rings is 1. The Morgan fingerprint density at radius 2 is 2.00 bits per heavy atom. The fourth-order valence-electron chi connectivity index (χ4n) is 4.43. The maximum atomic E-state index is 12.6. The van der Waals surface area contributed by atoms with Gasteiger partial charge in [0.25, 0.3) is 0 Å². The van der Waals surface area contributed by atoms with Gasteiger partial charge in [0.05, 0.1) is 6.54 Å². The second kappa shape index (κ2) is 8.91. The Morgan fingerprint density at radius 1 is 1.17 bits per heavy atom. The molecule has 0 radical (unpaired) electrons. The molecule has 2 saturated heterocycles. The van der Waals surface area contributed by atoms with Gasteiger partial charge >= 0.3 is 0 Å². The van der Waals surface area contributed by atoms with Gasteiger partial charge in [-0.3, -0.25) is 14.7 Å². The highest BCUT2D eigenvalue weighted by Gasteiger charge is 2.26. The van der Waals surface area contributed by atoms with Gasteiger partial charge in [-0.15, -0.1) is 0 Å². The first-order valence-electron chi connectivity index (χ1n) is 10.8. The molecule has 6 heteroatoms. The molecule has 6 nitrogen and oxygen atoms in total. The minimum Gasteiger partial charge on any atom is -0.342 e. The zero-order chi connectivity index (χ0) is 20.2. The van der Waals surface area contributed by atoms with Gasteiger partial charge in [0.15, 0.2) is 0 Å². The van der Waals surface area contributed by atoms with E-state index in [2.05, 4.69) is 40.3 Å². The van der Waals surface area contributed by atoms with E-state index in [1.54, 1.807) is 6.20 Å².